The van der Waals surface area contributed by atoms with Gasteiger partial charge in [0.25, 0.3) is 0 Å². The van der Waals surface area contributed by atoms with Crippen molar-refractivity contribution in [2.45, 2.75) is 26.7 Å². The standard InChI is InChI=1S/C13H18BrN3/c1-8(2)11-6-10(14)7-12(9(11)3)17-5-4-16-13(17)15/h6-8H,4-5H2,1-3H3,(H2,15,16). The summed E-state index contributed by atoms with van der Waals surface area (Å²) in [5, 5.41) is 0. The van der Waals surface area contributed by atoms with Crippen LogP contribution in [0.25, 0.3) is 0 Å². The van der Waals surface area contributed by atoms with E-state index in [0.717, 1.165) is 17.6 Å². The third-order valence-electron chi connectivity index (χ3n) is 3.17. The summed E-state index contributed by atoms with van der Waals surface area (Å²) in [6, 6.07) is 4.31. The van der Waals surface area contributed by atoms with Gasteiger partial charge in [0.15, 0.2) is 5.96 Å². The predicted octanol–water partition coefficient (Wildman–Crippen LogP) is 3.02. The molecule has 0 radical (unpaired) electrons. The van der Waals surface area contributed by atoms with Crippen molar-refractivity contribution in [1.82, 2.24) is 0 Å². The number of nitrogens with zero attached hydrogens (tertiary/aromatic N) is 2. The Morgan fingerprint density at radius 2 is 2.12 bits per heavy atom. The Labute approximate surface area is 111 Å². The van der Waals surface area contributed by atoms with Crippen molar-refractivity contribution in [3.05, 3.63) is 27.7 Å². The quantitative estimate of drug-likeness (QED) is 0.911. The Bertz CT molecular complexity index is 466. The zero-order valence-electron chi connectivity index (χ0n) is 10.5. The van der Waals surface area contributed by atoms with Crippen LogP contribution in [0.1, 0.15) is 30.9 Å². The normalized spacial score (nSPS) is 15.6. The number of halogens is 1. The van der Waals surface area contributed by atoms with Crippen molar-refractivity contribution in [2.75, 3.05) is 18.0 Å². The molecule has 92 valence electrons. The van der Waals surface area contributed by atoms with Crippen molar-refractivity contribution < 1.29 is 0 Å². The highest BCUT2D eigenvalue weighted by Crippen LogP contribution is 2.32. The molecule has 1 heterocycles. The maximum Gasteiger partial charge on any atom is 0.195 e. The van der Waals surface area contributed by atoms with Gasteiger partial charge >= 0.3 is 0 Å². The average molecular weight is 296 g/mol. The number of benzene rings is 1. The lowest BCUT2D eigenvalue weighted by atomic mass is 9.96. The Hall–Kier alpha value is -1.03. The zero-order chi connectivity index (χ0) is 12.6. The van der Waals surface area contributed by atoms with Gasteiger partial charge in [0.2, 0.25) is 0 Å². The first-order valence-electron chi connectivity index (χ1n) is 5.88. The number of guanidine groups is 1. The number of hydrogen-bond acceptors (Lipinski definition) is 3. The van der Waals surface area contributed by atoms with Crippen LogP contribution in [0.4, 0.5) is 5.69 Å². The highest BCUT2D eigenvalue weighted by molar-refractivity contribution is 9.10. The first-order valence-corrected chi connectivity index (χ1v) is 6.67. The fraction of sp³-hybridized carbons (Fsp3) is 0.462. The van der Waals surface area contributed by atoms with E-state index in [9.17, 15) is 0 Å². The molecule has 0 atom stereocenters. The number of hydrogen-bond donors (Lipinski definition) is 1. The minimum Gasteiger partial charge on any atom is -0.370 e. The van der Waals surface area contributed by atoms with E-state index >= 15 is 0 Å². The summed E-state index contributed by atoms with van der Waals surface area (Å²) in [6.07, 6.45) is 0. The zero-order valence-corrected chi connectivity index (χ0v) is 12.1. The van der Waals surface area contributed by atoms with Crippen LogP contribution in [0.15, 0.2) is 21.6 Å². The largest absolute Gasteiger partial charge is 0.370 e. The van der Waals surface area contributed by atoms with Gasteiger partial charge in [-0.1, -0.05) is 29.8 Å². The number of anilines is 1. The summed E-state index contributed by atoms with van der Waals surface area (Å²) in [5.41, 5.74) is 9.74. The number of aliphatic imine (C=N–C) groups is 1. The van der Waals surface area contributed by atoms with Gasteiger partial charge in [-0.3, -0.25) is 4.99 Å². The second-order valence-electron chi connectivity index (χ2n) is 4.69. The molecular weight excluding hydrogens is 278 g/mol. The van der Waals surface area contributed by atoms with Crippen LogP contribution in [0.3, 0.4) is 0 Å². The van der Waals surface area contributed by atoms with Gasteiger partial charge in [-0.25, -0.2) is 0 Å². The van der Waals surface area contributed by atoms with E-state index in [1.165, 1.54) is 16.8 Å². The van der Waals surface area contributed by atoms with E-state index in [4.69, 9.17) is 5.73 Å². The van der Waals surface area contributed by atoms with E-state index in [0.29, 0.717) is 11.9 Å². The molecule has 17 heavy (non-hydrogen) atoms. The van der Waals surface area contributed by atoms with Crippen molar-refractivity contribution in [2.24, 2.45) is 10.7 Å². The molecule has 2 rings (SSSR count). The lowest BCUT2D eigenvalue weighted by molar-refractivity contribution is 0.853. The van der Waals surface area contributed by atoms with Gasteiger partial charge in [0.1, 0.15) is 0 Å². The first-order chi connectivity index (χ1) is 8.00. The molecule has 1 aromatic carbocycles. The highest BCUT2D eigenvalue weighted by Gasteiger charge is 2.20. The summed E-state index contributed by atoms with van der Waals surface area (Å²) in [4.78, 5) is 6.33. The molecule has 0 bridgehead atoms. The molecule has 4 heteroatoms. The molecule has 3 nitrogen and oxygen atoms in total. The highest BCUT2D eigenvalue weighted by atomic mass is 79.9. The van der Waals surface area contributed by atoms with Gasteiger partial charge in [0.05, 0.1) is 6.54 Å². The van der Waals surface area contributed by atoms with Gasteiger partial charge in [-0.2, -0.15) is 0 Å². The van der Waals surface area contributed by atoms with Crippen LogP contribution in [0.2, 0.25) is 0 Å². The number of rotatable bonds is 2. The van der Waals surface area contributed by atoms with Crippen molar-refractivity contribution >= 4 is 27.6 Å². The maximum atomic E-state index is 5.92. The Balaban J connectivity index is 2.50. The minimum absolute atomic E-state index is 0.506. The summed E-state index contributed by atoms with van der Waals surface area (Å²) in [6.45, 7) is 8.23. The van der Waals surface area contributed by atoms with Crippen LogP contribution in [-0.2, 0) is 0 Å². The summed E-state index contributed by atoms with van der Waals surface area (Å²) in [5.74, 6) is 1.13. The fourth-order valence-corrected chi connectivity index (χ4v) is 2.74. The van der Waals surface area contributed by atoms with E-state index < -0.39 is 0 Å². The second-order valence-corrected chi connectivity index (χ2v) is 5.60. The molecule has 1 aliphatic rings. The summed E-state index contributed by atoms with van der Waals surface area (Å²) in [7, 11) is 0. The maximum absolute atomic E-state index is 5.92. The molecule has 0 aromatic heterocycles. The Morgan fingerprint density at radius 1 is 1.41 bits per heavy atom. The minimum atomic E-state index is 0.506. The van der Waals surface area contributed by atoms with Crippen LogP contribution in [0.5, 0.6) is 0 Å². The molecule has 0 amide bonds. The van der Waals surface area contributed by atoms with Crippen molar-refractivity contribution in [1.29, 1.82) is 0 Å². The predicted molar refractivity (Wildman–Crippen MR) is 76.8 cm³/mol. The molecule has 0 spiro atoms. The second kappa shape index (κ2) is 4.69. The monoisotopic (exact) mass is 295 g/mol. The van der Waals surface area contributed by atoms with Crippen LogP contribution in [-0.4, -0.2) is 19.0 Å². The lowest BCUT2D eigenvalue weighted by Gasteiger charge is -2.23. The third kappa shape index (κ3) is 2.32. The molecular formula is C13H18BrN3. The van der Waals surface area contributed by atoms with E-state index in [2.05, 4.69) is 58.7 Å². The van der Waals surface area contributed by atoms with Crippen molar-refractivity contribution in [3.8, 4) is 0 Å². The SMILES string of the molecule is Cc1c(C(C)C)cc(Br)cc1N1CCN=C1N. The van der Waals surface area contributed by atoms with E-state index in [1.807, 2.05) is 0 Å². The van der Waals surface area contributed by atoms with Gasteiger partial charge in [0, 0.05) is 16.7 Å². The molecule has 0 saturated heterocycles. The Morgan fingerprint density at radius 3 is 2.65 bits per heavy atom. The summed E-state index contributed by atoms with van der Waals surface area (Å²) >= 11 is 3.58. The lowest BCUT2D eigenvalue weighted by Crippen LogP contribution is -2.34. The number of nitrogens with two attached hydrogens (primary N) is 1. The molecule has 0 unspecified atom stereocenters. The van der Waals surface area contributed by atoms with Crippen LogP contribution in [0, 0.1) is 6.92 Å². The van der Waals surface area contributed by atoms with Gasteiger partial charge in [-0.15, -0.1) is 0 Å². The topological polar surface area (TPSA) is 41.6 Å². The Kier molecular flexibility index (Phi) is 3.43. The molecule has 1 aromatic rings. The molecule has 0 fully saturated rings. The van der Waals surface area contributed by atoms with Gasteiger partial charge in [-0.05, 0) is 36.1 Å². The van der Waals surface area contributed by atoms with Gasteiger partial charge < -0.3 is 10.6 Å². The van der Waals surface area contributed by atoms with Crippen LogP contribution < -0.4 is 10.6 Å². The third-order valence-corrected chi connectivity index (χ3v) is 3.63. The molecule has 1 aliphatic heterocycles. The molecule has 2 N–H and O–H groups in total. The van der Waals surface area contributed by atoms with E-state index in [1.54, 1.807) is 0 Å². The average Bonchev–Trinajstić information content (AvgIpc) is 2.67. The van der Waals surface area contributed by atoms with E-state index in [-0.39, 0.29) is 0 Å². The summed E-state index contributed by atoms with van der Waals surface area (Å²) < 4.78 is 1.10. The fourth-order valence-electron chi connectivity index (χ4n) is 2.27. The van der Waals surface area contributed by atoms with Crippen LogP contribution >= 0.6 is 15.9 Å². The smallest absolute Gasteiger partial charge is 0.195 e. The molecule has 0 aliphatic carbocycles. The van der Waals surface area contributed by atoms with Crippen molar-refractivity contribution in [3.63, 3.8) is 0 Å². The molecule has 0 saturated carbocycles. The first kappa shape index (κ1) is 12.4.